The zero-order valence-electron chi connectivity index (χ0n) is 41.3. The molecule has 3 aliphatic heterocycles. The van der Waals surface area contributed by atoms with Crippen LogP contribution in [0, 0.1) is 29.6 Å². The van der Waals surface area contributed by atoms with Gasteiger partial charge < -0.3 is 48.5 Å². The van der Waals surface area contributed by atoms with Crippen LogP contribution >= 0.6 is 0 Å². The van der Waals surface area contributed by atoms with Crippen molar-refractivity contribution in [3.63, 3.8) is 0 Å². The Hall–Kier alpha value is -4.69. The van der Waals surface area contributed by atoms with Crippen LogP contribution in [0.5, 0.6) is 0 Å². The molecule has 5 saturated carbocycles. The maximum absolute atomic E-state index is 13.0. The average molecular weight is 1100 g/mol. The molecule has 0 aromatic carbocycles. The Morgan fingerprint density at radius 1 is 0.720 bits per heavy atom. The number of carbonyl (C=O) groups is 4. The van der Waals surface area contributed by atoms with E-state index in [-0.39, 0.29) is 54.8 Å². The minimum atomic E-state index is -6.32. The highest BCUT2D eigenvalue weighted by molar-refractivity contribution is 5.96. The van der Waals surface area contributed by atoms with Gasteiger partial charge in [0.15, 0.2) is 12.9 Å². The number of hydrogen-bond donors (Lipinski definition) is 3. The van der Waals surface area contributed by atoms with E-state index in [9.17, 15) is 81.8 Å². The zero-order chi connectivity index (χ0) is 56.9. The standard InChI is InChI=1S/C16H16F12O4.C14H20O3.C11H12O5.C7H12O3/c1-7(6-11(30,13(17,18)19)14(20,21)22)10(29)32-9-4-2-3-8(5-9)12(31,15(23,24)25)16(26,27)28;1-9(8-15)13(16)17-14-5-10-2-11(6-14)4-12(3-10)7-14;1-5(3-12)11(13)16-9-7-2-6-4-14-10(9)8(6)15-7;1-4-9-5-10-7(8)6(2)3/h6,8-9,30-31H,2-5H2,1H3;8,10-12,15H,2-7H2,1H3;6-10H,2,4H2,1H3;2,4-5H2,1,3H3. The number of halogens is 12. The Balaban J connectivity index is 0.000000236. The molecule has 5 aliphatic carbocycles. The van der Waals surface area contributed by atoms with Crippen molar-refractivity contribution in [2.75, 3.05) is 20.0 Å². The SMILES string of the molecule is C=C(C)C(=O)OCOCC.CC(=C=O)C(=O)OC1C2CC3COC1C3O2.CC(=CC(O)(C(F)(F)F)C(F)(F)F)C(=O)OC1CCCC(C(O)(C(F)(F)F)C(F)(F)F)C1.CC(=CO)C(=O)OC12CC3CC(CC(C3)C1)C2. The van der Waals surface area contributed by atoms with Crippen molar-refractivity contribution in [3.05, 3.63) is 41.2 Å². The molecular formula is C48H60F12O15. The van der Waals surface area contributed by atoms with Crippen LogP contribution in [0.2, 0.25) is 0 Å². The molecule has 0 amide bonds. The smallest absolute Gasteiger partial charge is 0.430 e. The first-order valence-electron chi connectivity index (χ1n) is 23.7. The highest BCUT2D eigenvalue weighted by Gasteiger charge is 2.74. The summed E-state index contributed by atoms with van der Waals surface area (Å²) in [6, 6.07) is 0. The summed E-state index contributed by atoms with van der Waals surface area (Å²) in [4.78, 5) is 56.0. The van der Waals surface area contributed by atoms with E-state index < -0.39 is 96.7 Å². The summed E-state index contributed by atoms with van der Waals surface area (Å²) in [6.45, 7) is 11.4. The van der Waals surface area contributed by atoms with E-state index in [1.807, 2.05) is 6.92 Å². The molecule has 3 N–H and O–H groups in total. The first-order valence-corrected chi connectivity index (χ1v) is 23.7. The number of esters is 4. The fourth-order valence-electron chi connectivity index (χ4n) is 10.7. The predicted molar refractivity (Wildman–Crippen MR) is 232 cm³/mol. The second-order valence-electron chi connectivity index (χ2n) is 19.9. The summed E-state index contributed by atoms with van der Waals surface area (Å²) in [5.41, 5.74) is -11.6. The van der Waals surface area contributed by atoms with Gasteiger partial charge in [-0.15, -0.1) is 0 Å². The normalized spacial score (nSPS) is 30.0. The third-order valence-electron chi connectivity index (χ3n) is 14.2. The molecule has 8 aliphatic rings. The molecule has 15 nitrogen and oxygen atoms in total. The Morgan fingerprint density at radius 2 is 1.27 bits per heavy atom. The number of fused-ring (bicyclic) bond motifs is 1. The topological polar surface area (TPSA) is 211 Å². The average Bonchev–Trinajstić information content (AvgIpc) is 3.96. The van der Waals surface area contributed by atoms with Crippen molar-refractivity contribution in [3.8, 4) is 0 Å². The number of carbonyl (C=O) groups excluding carboxylic acids is 5. The number of rotatable bonds is 12. The van der Waals surface area contributed by atoms with Crippen LogP contribution in [0.15, 0.2) is 41.2 Å². The molecule has 3 heterocycles. The summed E-state index contributed by atoms with van der Waals surface area (Å²) < 4.78 is 190. The molecule has 27 heteroatoms. The van der Waals surface area contributed by atoms with Crippen LogP contribution < -0.4 is 0 Å². The van der Waals surface area contributed by atoms with Gasteiger partial charge in [-0.3, -0.25) is 0 Å². The first kappa shape index (κ1) is 62.8. The first-order chi connectivity index (χ1) is 34.5. The molecule has 75 heavy (non-hydrogen) atoms. The number of hydrogen-bond acceptors (Lipinski definition) is 15. The molecule has 0 radical (unpaired) electrons. The monoisotopic (exact) mass is 1100 g/mol. The van der Waals surface area contributed by atoms with E-state index >= 15 is 0 Å². The van der Waals surface area contributed by atoms with Gasteiger partial charge in [0.05, 0.1) is 30.6 Å². The highest BCUT2D eigenvalue weighted by atomic mass is 19.4. The Morgan fingerprint density at radius 3 is 1.73 bits per heavy atom. The van der Waals surface area contributed by atoms with Gasteiger partial charge >= 0.3 is 48.6 Å². The van der Waals surface area contributed by atoms with Crippen molar-refractivity contribution in [1.82, 2.24) is 0 Å². The molecule has 8 fully saturated rings. The summed E-state index contributed by atoms with van der Waals surface area (Å²) >= 11 is 0. The van der Waals surface area contributed by atoms with Crippen molar-refractivity contribution in [2.45, 2.75) is 177 Å². The number of ether oxygens (including phenoxy) is 7. The predicted octanol–water partition coefficient (Wildman–Crippen LogP) is 8.67. The lowest BCUT2D eigenvalue weighted by molar-refractivity contribution is -0.388. The van der Waals surface area contributed by atoms with Crippen LogP contribution in [0.3, 0.4) is 0 Å². The number of aliphatic hydroxyl groups is 3. The van der Waals surface area contributed by atoms with Crippen molar-refractivity contribution in [1.29, 1.82) is 0 Å². The van der Waals surface area contributed by atoms with E-state index in [1.54, 1.807) is 13.8 Å². The van der Waals surface area contributed by atoms with Gasteiger partial charge in [-0.05, 0) is 129 Å². The van der Waals surface area contributed by atoms with Crippen molar-refractivity contribution >= 4 is 29.8 Å². The Labute approximate surface area is 422 Å². The van der Waals surface area contributed by atoms with Crippen LogP contribution in [-0.4, -0.2) is 137 Å². The number of alkyl halides is 12. The van der Waals surface area contributed by atoms with E-state index in [0.717, 1.165) is 49.7 Å². The maximum atomic E-state index is 13.0. The molecule has 0 spiro atoms. The van der Waals surface area contributed by atoms with Gasteiger partial charge in [0.2, 0.25) is 0 Å². The van der Waals surface area contributed by atoms with Crippen LogP contribution in [0.25, 0.3) is 0 Å². The van der Waals surface area contributed by atoms with Gasteiger partial charge in [-0.25, -0.2) is 24.0 Å². The van der Waals surface area contributed by atoms with E-state index in [4.69, 9.17) is 33.9 Å². The van der Waals surface area contributed by atoms with Crippen molar-refractivity contribution in [2.24, 2.45) is 29.6 Å². The molecule has 3 saturated heterocycles. The van der Waals surface area contributed by atoms with Crippen LogP contribution in [-0.2, 0) is 57.1 Å². The fraction of sp³-hybridized carbons (Fsp3) is 0.750. The lowest BCUT2D eigenvalue weighted by atomic mass is 9.54. The molecule has 8 rings (SSSR count). The van der Waals surface area contributed by atoms with Crippen molar-refractivity contribution < 1.29 is 125 Å². The Kier molecular flexibility index (Phi) is 20.4. The molecule has 7 atom stereocenters. The molecule has 0 aromatic heterocycles. The van der Waals surface area contributed by atoms with Gasteiger partial charge in [-0.2, -0.15) is 52.7 Å². The third kappa shape index (κ3) is 14.7. The Bertz CT molecular complexity index is 2110. The minimum absolute atomic E-state index is 0.0161. The fourth-order valence-corrected chi connectivity index (χ4v) is 10.7. The van der Waals surface area contributed by atoms with Gasteiger partial charge in [0.25, 0.3) is 11.2 Å². The second-order valence-corrected chi connectivity index (χ2v) is 19.9. The van der Waals surface area contributed by atoms with Crippen LogP contribution in [0.4, 0.5) is 52.7 Å². The van der Waals surface area contributed by atoms with Crippen LogP contribution in [0.1, 0.15) is 105 Å². The molecule has 0 aromatic rings. The lowest BCUT2D eigenvalue weighted by Gasteiger charge is -2.55. The van der Waals surface area contributed by atoms with E-state index in [2.05, 4.69) is 16.1 Å². The van der Waals surface area contributed by atoms with E-state index in [0.29, 0.717) is 37.2 Å². The summed E-state index contributed by atoms with van der Waals surface area (Å²) in [7, 11) is 0. The molecule has 7 unspecified atom stereocenters. The minimum Gasteiger partial charge on any atom is -0.515 e. The lowest BCUT2D eigenvalue weighted by Crippen LogP contribution is -2.62. The summed E-state index contributed by atoms with van der Waals surface area (Å²) in [5.74, 6) is -1.56. The third-order valence-corrected chi connectivity index (χ3v) is 14.2. The van der Waals surface area contributed by atoms with E-state index in [1.165, 1.54) is 32.1 Å². The molecule has 426 valence electrons. The number of aliphatic hydroxyl groups excluding tert-OH is 1. The second kappa shape index (κ2) is 24.3. The van der Waals surface area contributed by atoms with Gasteiger partial charge in [-0.1, -0.05) is 6.58 Å². The molecular weight excluding hydrogens is 1040 g/mol. The largest absolute Gasteiger partial charge is 0.515 e. The zero-order valence-corrected chi connectivity index (χ0v) is 41.3. The van der Waals surface area contributed by atoms with Gasteiger partial charge in [0.1, 0.15) is 29.3 Å². The molecule has 6 bridgehead atoms. The quantitative estimate of drug-likeness (QED) is 0.0244. The highest BCUT2D eigenvalue weighted by Crippen LogP contribution is 2.57. The maximum Gasteiger partial charge on any atom is 0.430 e. The van der Waals surface area contributed by atoms with Gasteiger partial charge in [0, 0.05) is 29.6 Å². The summed E-state index contributed by atoms with van der Waals surface area (Å²) in [5, 5.41) is 27.3. The summed E-state index contributed by atoms with van der Waals surface area (Å²) in [6.07, 6.45) is -22.1.